The van der Waals surface area contributed by atoms with Gasteiger partial charge in [-0.15, -0.1) is 0 Å². The van der Waals surface area contributed by atoms with Crippen molar-refractivity contribution < 1.29 is 13.9 Å². The van der Waals surface area contributed by atoms with Crippen molar-refractivity contribution in [3.63, 3.8) is 0 Å². The number of carbonyl (C=O) groups is 1. The molecule has 0 aliphatic heterocycles. The number of pyridine rings is 1. The summed E-state index contributed by atoms with van der Waals surface area (Å²) in [6, 6.07) is 8.78. The molecule has 120 valence electrons. The van der Waals surface area contributed by atoms with Crippen molar-refractivity contribution in [2.45, 2.75) is 26.4 Å². The van der Waals surface area contributed by atoms with E-state index in [2.05, 4.69) is 21.8 Å². The molecule has 1 aromatic carbocycles. The van der Waals surface area contributed by atoms with Gasteiger partial charge in [0.2, 0.25) is 0 Å². The molecule has 0 saturated heterocycles. The fraction of sp³-hybridized carbons (Fsp3) is 0.211. The van der Waals surface area contributed by atoms with E-state index >= 15 is 0 Å². The quantitative estimate of drug-likeness (QED) is 0.506. The van der Waals surface area contributed by atoms with Crippen molar-refractivity contribution in [1.82, 2.24) is 9.97 Å². The van der Waals surface area contributed by atoms with Crippen LogP contribution in [-0.4, -0.2) is 21.5 Å². The van der Waals surface area contributed by atoms with E-state index in [9.17, 15) is 4.79 Å². The summed E-state index contributed by atoms with van der Waals surface area (Å²) in [5, 5.41) is 0. The van der Waals surface area contributed by atoms with Crippen molar-refractivity contribution in [3.8, 4) is 11.8 Å². The number of nitrogens with zero attached hydrogens (tertiary/aromatic N) is 2. The predicted octanol–water partition coefficient (Wildman–Crippen LogP) is 3.58. The van der Waals surface area contributed by atoms with Crippen LogP contribution in [0.3, 0.4) is 0 Å². The van der Waals surface area contributed by atoms with E-state index in [1.807, 2.05) is 26.8 Å². The van der Waals surface area contributed by atoms with Gasteiger partial charge in [-0.1, -0.05) is 12.0 Å². The minimum absolute atomic E-state index is 0.241. The molecule has 5 heteroatoms. The highest BCUT2D eigenvalue weighted by molar-refractivity contribution is 6.01. The monoisotopic (exact) mass is 320 g/mol. The summed E-state index contributed by atoms with van der Waals surface area (Å²) < 4.78 is 11.0. The lowest BCUT2D eigenvalue weighted by Crippen LogP contribution is -2.24. The Kier molecular flexibility index (Phi) is 4.05. The molecule has 5 nitrogen and oxygen atoms in total. The molecular weight excluding hydrogens is 304 g/mol. The maximum absolute atomic E-state index is 12.3. The average molecular weight is 320 g/mol. The van der Waals surface area contributed by atoms with E-state index in [0.717, 1.165) is 5.56 Å². The van der Waals surface area contributed by atoms with Crippen LogP contribution >= 0.6 is 0 Å². The van der Waals surface area contributed by atoms with Crippen LogP contribution in [0.4, 0.5) is 0 Å². The summed E-state index contributed by atoms with van der Waals surface area (Å²) in [6.07, 6.45) is 3.33. The van der Waals surface area contributed by atoms with Crippen molar-refractivity contribution in [2.75, 3.05) is 0 Å². The van der Waals surface area contributed by atoms with Crippen LogP contribution in [0.5, 0.6) is 0 Å². The SMILES string of the molecule is CC(C)(C)OC(=O)c1cccc2oc(C#Cc3cccnc3)nc12. The largest absolute Gasteiger partial charge is 0.456 e. The Balaban J connectivity index is 1.96. The minimum atomic E-state index is -0.577. The Morgan fingerprint density at radius 3 is 2.71 bits per heavy atom. The van der Waals surface area contributed by atoms with Gasteiger partial charge in [-0.25, -0.2) is 9.78 Å². The van der Waals surface area contributed by atoms with Crippen LogP contribution < -0.4 is 0 Å². The molecule has 0 aliphatic rings. The highest BCUT2D eigenvalue weighted by Crippen LogP contribution is 2.22. The molecule has 0 N–H and O–H groups in total. The van der Waals surface area contributed by atoms with Crippen molar-refractivity contribution >= 4 is 17.1 Å². The zero-order valence-corrected chi connectivity index (χ0v) is 13.7. The second-order valence-corrected chi connectivity index (χ2v) is 6.16. The summed E-state index contributed by atoms with van der Waals surface area (Å²) in [5.74, 6) is 5.57. The van der Waals surface area contributed by atoms with Crippen LogP contribution in [0.2, 0.25) is 0 Å². The Hall–Kier alpha value is -3.13. The molecule has 24 heavy (non-hydrogen) atoms. The number of fused-ring (bicyclic) bond motifs is 1. The third-order valence-corrected chi connectivity index (χ3v) is 3.01. The van der Waals surface area contributed by atoms with Gasteiger partial charge >= 0.3 is 5.97 Å². The predicted molar refractivity (Wildman–Crippen MR) is 89.4 cm³/mol. The van der Waals surface area contributed by atoms with Crippen molar-refractivity contribution in [2.24, 2.45) is 0 Å². The zero-order valence-electron chi connectivity index (χ0n) is 13.7. The van der Waals surface area contributed by atoms with Crippen LogP contribution in [0.15, 0.2) is 47.1 Å². The number of para-hydroxylation sites is 1. The van der Waals surface area contributed by atoms with Gasteiger partial charge in [-0.3, -0.25) is 4.98 Å². The molecule has 0 aliphatic carbocycles. The van der Waals surface area contributed by atoms with Gasteiger partial charge in [0.25, 0.3) is 5.89 Å². The number of hydrogen-bond donors (Lipinski definition) is 0. The second kappa shape index (κ2) is 6.17. The maximum Gasteiger partial charge on any atom is 0.341 e. The molecule has 3 aromatic rings. The number of aromatic nitrogens is 2. The third kappa shape index (κ3) is 3.61. The van der Waals surface area contributed by atoms with E-state index in [4.69, 9.17) is 9.15 Å². The number of hydrogen-bond acceptors (Lipinski definition) is 5. The third-order valence-electron chi connectivity index (χ3n) is 3.01. The fourth-order valence-electron chi connectivity index (χ4n) is 2.06. The number of ether oxygens (including phenoxy) is 1. The molecule has 0 fully saturated rings. The van der Waals surface area contributed by atoms with Crippen LogP contribution in [0.1, 0.15) is 42.6 Å². The number of rotatable bonds is 1. The lowest BCUT2D eigenvalue weighted by atomic mass is 10.1. The molecule has 0 bridgehead atoms. The molecule has 3 rings (SSSR count). The second-order valence-electron chi connectivity index (χ2n) is 6.16. The number of esters is 1. The molecule has 0 spiro atoms. The van der Waals surface area contributed by atoms with E-state index in [1.165, 1.54) is 0 Å². The summed E-state index contributed by atoms with van der Waals surface area (Å²) in [5.41, 5.74) is 1.48. The van der Waals surface area contributed by atoms with Crippen LogP contribution in [0, 0.1) is 11.8 Å². The molecule has 2 aromatic heterocycles. The van der Waals surface area contributed by atoms with Gasteiger partial charge in [0.1, 0.15) is 11.1 Å². The van der Waals surface area contributed by atoms with Gasteiger partial charge in [0.15, 0.2) is 5.58 Å². The molecule has 0 atom stereocenters. The standard InChI is InChI=1S/C19H16N2O3/c1-19(2,3)24-18(22)14-7-4-8-15-17(14)21-16(23-15)10-9-13-6-5-11-20-12-13/h4-8,11-12H,1-3H3. The highest BCUT2D eigenvalue weighted by atomic mass is 16.6. The van der Waals surface area contributed by atoms with Gasteiger partial charge < -0.3 is 9.15 Å². The Bertz CT molecular complexity index is 941. The fourth-order valence-corrected chi connectivity index (χ4v) is 2.06. The first kappa shape index (κ1) is 15.8. The van der Waals surface area contributed by atoms with Crippen molar-refractivity contribution in [1.29, 1.82) is 0 Å². The Morgan fingerprint density at radius 1 is 1.17 bits per heavy atom. The number of benzene rings is 1. The molecule has 0 amide bonds. The molecule has 0 saturated carbocycles. The lowest BCUT2D eigenvalue weighted by Gasteiger charge is -2.19. The van der Waals surface area contributed by atoms with E-state index < -0.39 is 11.6 Å². The Morgan fingerprint density at radius 2 is 2.00 bits per heavy atom. The highest BCUT2D eigenvalue weighted by Gasteiger charge is 2.21. The van der Waals surface area contributed by atoms with E-state index in [-0.39, 0.29) is 5.89 Å². The summed E-state index contributed by atoms with van der Waals surface area (Å²) >= 11 is 0. The average Bonchev–Trinajstić information content (AvgIpc) is 2.95. The maximum atomic E-state index is 12.3. The molecular formula is C19H16N2O3. The van der Waals surface area contributed by atoms with Crippen LogP contribution in [0.25, 0.3) is 11.1 Å². The van der Waals surface area contributed by atoms with Crippen molar-refractivity contribution in [3.05, 3.63) is 59.7 Å². The Labute approximate surface area is 139 Å². The lowest BCUT2D eigenvalue weighted by molar-refractivity contribution is 0.00716. The summed E-state index contributed by atoms with van der Waals surface area (Å²) in [6.45, 7) is 5.45. The molecule has 0 radical (unpaired) electrons. The van der Waals surface area contributed by atoms with E-state index in [1.54, 1.807) is 36.7 Å². The molecule has 0 unspecified atom stereocenters. The normalized spacial score (nSPS) is 11.0. The minimum Gasteiger partial charge on any atom is -0.456 e. The first-order valence-electron chi connectivity index (χ1n) is 7.47. The first-order valence-corrected chi connectivity index (χ1v) is 7.47. The molecule has 2 heterocycles. The topological polar surface area (TPSA) is 65.2 Å². The summed E-state index contributed by atoms with van der Waals surface area (Å²) in [4.78, 5) is 20.6. The van der Waals surface area contributed by atoms with E-state index in [0.29, 0.717) is 16.7 Å². The number of carbonyl (C=O) groups excluding carboxylic acids is 1. The van der Waals surface area contributed by atoms with Gasteiger partial charge in [-0.05, 0) is 51.0 Å². The smallest absolute Gasteiger partial charge is 0.341 e. The number of oxazole rings is 1. The summed E-state index contributed by atoms with van der Waals surface area (Å²) in [7, 11) is 0. The van der Waals surface area contributed by atoms with Crippen LogP contribution in [-0.2, 0) is 4.74 Å². The van der Waals surface area contributed by atoms with Gasteiger partial charge in [0.05, 0.1) is 5.56 Å². The first-order chi connectivity index (χ1) is 11.4. The zero-order chi connectivity index (χ0) is 17.2. The van der Waals surface area contributed by atoms with Gasteiger partial charge in [0, 0.05) is 18.0 Å². The van der Waals surface area contributed by atoms with Gasteiger partial charge in [-0.2, -0.15) is 0 Å².